The second-order valence-electron chi connectivity index (χ2n) is 5.47. The Hall–Kier alpha value is -0.610. The van der Waals surface area contributed by atoms with E-state index in [2.05, 4.69) is 33.0 Å². The third-order valence-corrected chi connectivity index (χ3v) is 2.91. The highest BCUT2D eigenvalue weighted by molar-refractivity contribution is 5.77. The zero-order valence-corrected chi connectivity index (χ0v) is 11.5. The highest BCUT2D eigenvalue weighted by Crippen LogP contribution is 2.26. The van der Waals surface area contributed by atoms with E-state index >= 15 is 0 Å². The van der Waals surface area contributed by atoms with Gasteiger partial charge in [-0.15, -0.1) is 0 Å². The molecule has 96 valence electrons. The smallest absolute Gasteiger partial charge is 0.233 e. The van der Waals surface area contributed by atoms with Gasteiger partial charge < -0.3 is 11.1 Å². The lowest BCUT2D eigenvalue weighted by Crippen LogP contribution is -2.55. The number of carbonyl (C=O) groups excluding carboxylic acids is 1. The second kappa shape index (κ2) is 6.21. The Morgan fingerprint density at radius 1 is 1.44 bits per heavy atom. The fourth-order valence-corrected chi connectivity index (χ4v) is 2.26. The molecule has 0 rings (SSSR count). The molecular weight excluding hydrogens is 202 g/mol. The van der Waals surface area contributed by atoms with Crippen LogP contribution in [-0.4, -0.2) is 43.5 Å². The van der Waals surface area contributed by atoms with E-state index in [0.29, 0.717) is 6.54 Å². The second-order valence-corrected chi connectivity index (χ2v) is 5.47. The topological polar surface area (TPSA) is 58.4 Å². The van der Waals surface area contributed by atoms with E-state index in [1.807, 2.05) is 11.9 Å². The van der Waals surface area contributed by atoms with E-state index in [-0.39, 0.29) is 23.4 Å². The maximum atomic E-state index is 11.4. The van der Waals surface area contributed by atoms with Crippen molar-refractivity contribution in [3.8, 4) is 0 Å². The van der Waals surface area contributed by atoms with Crippen molar-refractivity contribution in [1.82, 2.24) is 10.2 Å². The fraction of sp³-hybridized carbons (Fsp3) is 0.917. The summed E-state index contributed by atoms with van der Waals surface area (Å²) in [5.41, 5.74) is 6.22. The number of rotatable bonds is 5. The Bertz CT molecular complexity index is 223. The summed E-state index contributed by atoms with van der Waals surface area (Å²) in [4.78, 5) is 13.4. The van der Waals surface area contributed by atoms with Crippen LogP contribution < -0.4 is 11.1 Å². The predicted molar refractivity (Wildman–Crippen MR) is 68.2 cm³/mol. The van der Waals surface area contributed by atoms with Crippen LogP contribution >= 0.6 is 0 Å². The van der Waals surface area contributed by atoms with Gasteiger partial charge in [0.05, 0.1) is 6.54 Å². The molecule has 0 radical (unpaired) electrons. The first-order valence-electron chi connectivity index (χ1n) is 5.90. The summed E-state index contributed by atoms with van der Waals surface area (Å²) in [6, 6.07) is 0.296. The van der Waals surface area contributed by atoms with Gasteiger partial charge in [0.2, 0.25) is 5.91 Å². The highest BCUT2D eigenvalue weighted by Gasteiger charge is 2.33. The molecule has 0 aliphatic carbocycles. The molecule has 0 aromatic heterocycles. The van der Waals surface area contributed by atoms with Crippen molar-refractivity contribution in [2.75, 3.05) is 20.6 Å². The molecule has 0 saturated heterocycles. The Morgan fingerprint density at radius 3 is 2.25 bits per heavy atom. The monoisotopic (exact) mass is 229 g/mol. The van der Waals surface area contributed by atoms with Crippen molar-refractivity contribution in [3.05, 3.63) is 0 Å². The average Bonchev–Trinajstić information content (AvgIpc) is 2.15. The summed E-state index contributed by atoms with van der Waals surface area (Å²) < 4.78 is 0. The molecule has 1 amide bonds. The van der Waals surface area contributed by atoms with Crippen molar-refractivity contribution in [3.63, 3.8) is 0 Å². The standard InChI is InChI=1S/C12H27N3O/c1-7-9(13)11(12(2,3)4)15(6)8-10(16)14-5/h9,11H,7-8,13H2,1-6H3,(H,14,16). The zero-order valence-electron chi connectivity index (χ0n) is 11.5. The number of hydrogen-bond donors (Lipinski definition) is 2. The SMILES string of the molecule is CCC(N)C(N(C)CC(=O)NC)C(C)(C)C. The van der Waals surface area contributed by atoms with Gasteiger partial charge >= 0.3 is 0 Å². The van der Waals surface area contributed by atoms with Crippen LogP contribution in [0.2, 0.25) is 0 Å². The molecule has 2 atom stereocenters. The molecule has 4 heteroatoms. The van der Waals surface area contributed by atoms with Gasteiger partial charge in [0.15, 0.2) is 0 Å². The number of nitrogens with two attached hydrogens (primary N) is 1. The van der Waals surface area contributed by atoms with Gasteiger partial charge in [-0.25, -0.2) is 0 Å². The van der Waals surface area contributed by atoms with Crippen LogP contribution in [-0.2, 0) is 4.79 Å². The minimum atomic E-state index is 0.0278. The first-order valence-corrected chi connectivity index (χ1v) is 5.90. The number of nitrogens with zero attached hydrogens (tertiary/aromatic N) is 1. The molecule has 0 heterocycles. The first kappa shape index (κ1) is 15.4. The van der Waals surface area contributed by atoms with Crippen LogP contribution in [0.1, 0.15) is 34.1 Å². The molecule has 2 unspecified atom stereocenters. The van der Waals surface area contributed by atoms with Crippen molar-refractivity contribution in [1.29, 1.82) is 0 Å². The Labute approximate surface area is 99.6 Å². The summed E-state index contributed by atoms with van der Waals surface area (Å²) in [6.07, 6.45) is 0.917. The van der Waals surface area contributed by atoms with Crippen LogP contribution in [0.25, 0.3) is 0 Å². The Balaban J connectivity index is 4.70. The van der Waals surface area contributed by atoms with Gasteiger partial charge in [0, 0.05) is 19.1 Å². The van der Waals surface area contributed by atoms with Gasteiger partial charge in [0.25, 0.3) is 0 Å². The van der Waals surface area contributed by atoms with E-state index in [4.69, 9.17) is 5.73 Å². The zero-order chi connectivity index (χ0) is 12.9. The number of nitrogens with one attached hydrogen (secondary N) is 1. The first-order chi connectivity index (χ1) is 7.23. The molecule has 3 N–H and O–H groups in total. The van der Waals surface area contributed by atoms with Gasteiger partial charge in [-0.1, -0.05) is 27.7 Å². The van der Waals surface area contributed by atoms with Crippen molar-refractivity contribution < 1.29 is 4.79 Å². The molecule has 4 nitrogen and oxygen atoms in total. The molecule has 16 heavy (non-hydrogen) atoms. The molecule has 0 aromatic rings. The molecule has 0 spiro atoms. The fourth-order valence-electron chi connectivity index (χ4n) is 2.26. The largest absolute Gasteiger partial charge is 0.358 e. The third kappa shape index (κ3) is 4.49. The van der Waals surface area contributed by atoms with E-state index in [0.717, 1.165) is 6.42 Å². The van der Waals surface area contributed by atoms with Crippen molar-refractivity contribution >= 4 is 5.91 Å². The third-order valence-electron chi connectivity index (χ3n) is 2.91. The number of likely N-dealkylation sites (N-methyl/N-ethyl adjacent to an activating group) is 2. The molecule has 0 aliphatic heterocycles. The van der Waals surface area contributed by atoms with Crippen LogP contribution in [0, 0.1) is 5.41 Å². The maximum Gasteiger partial charge on any atom is 0.233 e. The van der Waals surface area contributed by atoms with Crippen LogP contribution in [0.5, 0.6) is 0 Å². The van der Waals surface area contributed by atoms with E-state index < -0.39 is 0 Å². The lowest BCUT2D eigenvalue weighted by atomic mass is 9.80. The van der Waals surface area contributed by atoms with Gasteiger partial charge in [0.1, 0.15) is 0 Å². The molecule has 0 fully saturated rings. The minimum Gasteiger partial charge on any atom is -0.358 e. The average molecular weight is 229 g/mol. The lowest BCUT2D eigenvalue weighted by molar-refractivity contribution is -0.122. The summed E-state index contributed by atoms with van der Waals surface area (Å²) >= 11 is 0. The van der Waals surface area contributed by atoms with Gasteiger partial charge in [-0.3, -0.25) is 9.69 Å². The molecule has 0 aromatic carbocycles. The number of hydrogen-bond acceptors (Lipinski definition) is 3. The van der Waals surface area contributed by atoms with Gasteiger partial charge in [-0.2, -0.15) is 0 Å². The highest BCUT2D eigenvalue weighted by atomic mass is 16.1. The molecule has 0 bridgehead atoms. The maximum absolute atomic E-state index is 11.4. The van der Waals surface area contributed by atoms with Crippen LogP contribution in [0.3, 0.4) is 0 Å². The molecular formula is C12H27N3O. The summed E-state index contributed by atoms with van der Waals surface area (Å²) in [7, 11) is 3.61. The predicted octanol–water partition coefficient (Wildman–Crippen LogP) is 0.816. The van der Waals surface area contributed by atoms with Crippen molar-refractivity contribution in [2.45, 2.75) is 46.2 Å². The quantitative estimate of drug-likeness (QED) is 0.733. The van der Waals surface area contributed by atoms with E-state index in [1.165, 1.54) is 0 Å². The molecule has 0 aliphatic rings. The van der Waals surface area contributed by atoms with Crippen LogP contribution in [0.4, 0.5) is 0 Å². The summed E-state index contributed by atoms with van der Waals surface area (Å²) in [6.45, 7) is 8.96. The van der Waals surface area contributed by atoms with E-state index in [9.17, 15) is 4.79 Å². The van der Waals surface area contributed by atoms with Gasteiger partial charge in [-0.05, 0) is 18.9 Å². The van der Waals surface area contributed by atoms with E-state index in [1.54, 1.807) is 7.05 Å². The normalized spacial score (nSPS) is 16.0. The van der Waals surface area contributed by atoms with Crippen molar-refractivity contribution in [2.24, 2.45) is 11.1 Å². The van der Waals surface area contributed by atoms with Crippen LogP contribution in [0.15, 0.2) is 0 Å². The number of amides is 1. The lowest BCUT2D eigenvalue weighted by Gasteiger charge is -2.41. The number of carbonyl (C=O) groups is 1. The Kier molecular flexibility index (Phi) is 5.97. The summed E-state index contributed by atoms with van der Waals surface area (Å²) in [5, 5.41) is 2.64. The summed E-state index contributed by atoms with van der Waals surface area (Å²) in [5.74, 6) is 0.0278. The Morgan fingerprint density at radius 2 is 1.94 bits per heavy atom. The molecule has 0 saturated carbocycles. The minimum absolute atomic E-state index is 0.0278.